The number of nitrogens with one attached hydrogen (secondary N) is 1. The molecule has 2 N–H and O–H groups in total. The van der Waals surface area contributed by atoms with Crippen molar-refractivity contribution in [2.45, 2.75) is 44.7 Å². The summed E-state index contributed by atoms with van der Waals surface area (Å²) in [5.74, 6) is -0.486. The second kappa shape index (κ2) is 11.3. The summed E-state index contributed by atoms with van der Waals surface area (Å²) >= 11 is 0. The van der Waals surface area contributed by atoms with Gasteiger partial charge in [0, 0.05) is 38.6 Å². The molecular weight excluding hydrogens is 525 g/mol. The van der Waals surface area contributed by atoms with Crippen molar-refractivity contribution in [3.63, 3.8) is 0 Å². The maximum atomic E-state index is 14.3. The van der Waals surface area contributed by atoms with Gasteiger partial charge in [0.15, 0.2) is 5.65 Å². The molecule has 1 radical (unpaired) electrons. The Kier molecular flexibility index (Phi) is 7.40. The van der Waals surface area contributed by atoms with Gasteiger partial charge in [-0.3, -0.25) is 19.1 Å². The van der Waals surface area contributed by atoms with Crippen LogP contribution in [0.25, 0.3) is 27.8 Å². The van der Waals surface area contributed by atoms with Crippen molar-refractivity contribution in [3.8, 4) is 22.6 Å². The van der Waals surface area contributed by atoms with Gasteiger partial charge in [0.1, 0.15) is 11.6 Å². The van der Waals surface area contributed by atoms with Crippen molar-refractivity contribution in [3.05, 3.63) is 93.4 Å². The average Bonchev–Trinajstić information content (AvgIpc) is 3.18. The first kappa shape index (κ1) is 26.9. The van der Waals surface area contributed by atoms with Gasteiger partial charge in [0.05, 0.1) is 17.3 Å². The van der Waals surface area contributed by atoms with Crippen LogP contribution >= 0.6 is 0 Å². The van der Waals surface area contributed by atoms with Crippen LogP contribution < -0.4 is 16.6 Å². The molecule has 6 rings (SSSR count). The number of hydrogen-bond acceptors (Lipinski definition) is 6. The highest BCUT2D eigenvalue weighted by atomic mass is 19.1. The molecule has 41 heavy (non-hydrogen) atoms. The van der Waals surface area contributed by atoms with Crippen LogP contribution in [0.2, 0.25) is 0 Å². The minimum atomic E-state index is -0.642. The molecule has 10 heteroatoms. The Morgan fingerprint density at radius 2 is 1.85 bits per heavy atom. The molecule has 3 heterocycles. The lowest BCUT2D eigenvalue weighted by molar-refractivity contribution is -0.120. The molecule has 0 bridgehead atoms. The summed E-state index contributed by atoms with van der Waals surface area (Å²) in [6.45, 7) is 2.37. The van der Waals surface area contributed by atoms with E-state index in [4.69, 9.17) is 0 Å². The topological polar surface area (TPSA) is 109 Å². The number of rotatable bonds is 5. The fraction of sp³-hybridized carbons (Fsp3) is 0.323. The molecule has 0 spiro atoms. The SMILES string of the molecule is O=C1CCN(Cc2cc(O)ccc2-c2cccc(-n3c(=O)n(C4CC[CH]CC4)c(=O)c4cc(F)cnc43)c2)CCN1. The zero-order valence-corrected chi connectivity index (χ0v) is 22.6. The van der Waals surface area contributed by atoms with Crippen LogP contribution in [0.4, 0.5) is 4.39 Å². The molecule has 0 atom stereocenters. The van der Waals surface area contributed by atoms with Crippen molar-refractivity contribution in [1.82, 2.24) is 24.3 Å². The summed E-state index contributed by atoms with van der Waals surface area (Å²) in [5.41, 5.74) is 2.11. The molecule has 4 aromatic rings. The lowest BCUT2D eigenvalue weighted by Crippen LogP contribution is -2.42. The number of phenolic OH excluding ortho intramolecular Hbond substituents is 1. The van der Waals surface area contributed by atoms with Gasteiger partial charge in [-0.15, -0.1) is 0 Å². The number of carbonyl (C=O) groups excluding carboxylic acids is 1. The molecule has 2 aliphatic rings. The Bertz CT molecular complexity index is 1740. The number of halogens is 1. The fourth-order valence-corrected chi connectivity index (χ4v) is 5.92. The fourth-order valence-electron chi connectivity index (χ4n) is 5.92. The maximum absolute atomic E-state index is 14.3. The van der Waals surface area contributed by atoms with Crippen molar-refractivity contribution < 1.29 is 14.3 Å². The zero-order chi connectivity index (χ0) is 28.5. The van der Waals surface area contributed by atoms with Gasteiger partial charge >= 0.3 is 5.69 Å². The number of pyridine rings is 1. The Hall–Kier alpha value is -4.31. The van der Waals surface area contributed by atoms with Gasteiger partial charge in [-0.25, -0.2) is 18.7 Å². The minimum absolute atomic E-state index is 0.0233. The molecule has 2 aromatic heterocycles. The third-order valence-corrected chi connectivity index (χ3v) is 7.97. The van der Waals surface area contributed by atoms with Gasteiger partial charge in [0.2, 0.25) is 5.91 Å². The lowest BCUT2D eigenvalue weighted by Gasteiger charge is -2.24. The van der Waals surface area contributed by atoms with E-state index in [1.54, 1.807) is 18.2 Å². The summed E-state index contributed by atoms with van der Waals surface area (Å²) in [5, 5.41) is 13.2. The van der Waals surface area contributed by atoms with E-state index in [2.05, 4.69) is 21.6 Å². The summed E-state index contributed by atoms with van der Waals surface area (Å²) in [6, 6.07) is 13.4. The second-order valence-corrected chi connectivity index (χ2v) is 10.7. The standard InChI is InChI=1S/C31H31FN5O4/c32-22-17-27-29(34-18-22)36(31(41)37(30(27)40)23-6-2-1-3-7-23)24-8-4-5-20(15-24)26-10-9-25(38)16-21(26)19-35-13-11-28(39)33-12-14-35/h1,4-5,8-10,15-18,23,38H,2-3,6-7,11-14,19H2,(H,33,39). The molecular formula is C31H31FN5O4. The molecule has 0 unspecified atom stereocenters. The third kappa shape index (κ3) is 5.39. The predicted molar refractivity (Wildman–Crippen MR) is 153 cm³/mol. The van der Waals surface area contributed by atoms with Crippen molar-refractivity contribution >= 4 is 16.9 Å². The van der Waals surface area contributed by atoms with Gasteiger partial charge in [-0.1, -0.05) is 18.2 Å². The minimum Gasteiger partial charge on any atom is -0.508 e. The van der Waals surface area contributed by atoms with Crippen LogP contribution in [0.1, 0.15) is 43.7 Å². The summed E-state index contributed by atoms with van der Waals surface area (Å²) in [4.78, 5) is 45.6. The number of carbonyl (C=O) groups is 1. The Morgan fingerprint density at radius 1 is 1.02 bits per heavy atom. The monoisotopic (exact) mass is 556 g/mol. The molecule has 1 amide bonds. The number of phenols is 1. The normalized spacial score (nSPS) is 17.0. The summed E-state index contributed by atoms with van der Waals surface area (Å²) < 4.78 is 16.9. The number of aromatic hydroxyl groups is 1. The molecule has 1 saturated heterocycles. The van der Waals surface area contributed by atoms with Crippen LogP contribution in [0.3, 0.4) is 0 Å². The molecule has 9 nitrogen and oxygen atoms in total. The summed E-state index contributed by atoms with van der Waals surface area (Å²) in [6.07, 6.45) is 6.51. The number of benzene rings is 2. The highest BCUT2D eigenvalue weighted by Gasteiger charge is 2.24. The van der Waals surface area contributed by atoms with E-state index < -0.39 is 17.1 Å². The highest BCUT2D eigenvalue weighted by Crippen LogP contribution is 2.31. The number of amides is 1. The first-order valence-electron chi connectivity index (χ1n) is 14.0. The van der Waals surface area contributed by atoms with Gasteiger partial charge in [0.25, 0.3) is 5.56 Å². The number of nitrogens with zero attached hydrogens (tertiary/aromatic N) is 4. The maximum Gasteiger partial charge on any atom is 0.337 e. The number of aromatic nitrogens is 3. The van der Waals surface area contributed by atoms with E-state index in [1.165, 1.54) is 9.13 Å². The number of hydrogen-bond donors (Lipinski definition) is 2. The predicted octanol–water partition coefficient (Wildman–Crippen LogP) is 3.70. The second-order valence-electron chi connectivity index (χ2n) is 10.7. The van der Waals surface area contributed by atoms with E-state index in [9.17, 15) is 23.9 Å². The van der Waals surface area contributed by atoms with Crippen LogP contribution in [-0.2, 0) is 11.3 Å². The first-order valence-corrected chi connectivity index (χ1v) is 14.0. The lowest BCUT2D eigenvalue weighted by atomic mass is 9.95. The van der Waals surface area contributed by atoms with Crippen molar-refractivity contribution in [2.24, 2.45) is 0 Å². The quantitative estimate of drug-likeness (QED) is 0.388. The van der Waals surface area contributed by atoms with E-state index >= 15 is 0 Å². The smallest absolute Gasteiger partial charge is 0.337 e. The number of fused-ring (bicyclic) bond motifs is 1. The van der Waals surface area contributed by atoms with Gasteiger partial charge in [-0.05, 0) is 79.1 Å². The van der Waals surface area contributed by atoms with Crippen LogP contribution in [0.5, 0.6) is 5.75 Å². The molecule has 211 valence electrons. The van der Waals surface area contributed by atoms with Crippen LogP contribution in [0, 0.1) is 12.2 Å². The Morgan fingerprint density at radius 3 is 2.68 bits per heavy atom. The van der Waals surface area contributed by atoms with Crippen LogP contribution in [0.15, 0.2) is 64.3 Å². The zero-order valence-electron chi connectivity index (χ0n) is 22.6. The Labute approximate surface area is 235 Å². The van der Waals surface area contributed by atoms with E-state index in [0.717, 1.165) is 41.8 Å². The largest absolute Gasteiger partial charge is 0.508 e. The van der Waals surface area contributed by atoms with Crippen molar-refractivity contribution in [1.29, 1.82) is 0 Å². The van der Waals surface area contributed by atoms with Crippen LogP contribution in [-0.4, -0.2) is 49.7 Å². The molecule has 1 aliphatic carbocycles. The van der Waals surface area contributed by atoms with Gasteiger partial charge in [-0.2, -0.15) is 0 Å². The average molecular weight is 557 g/mol. The molecule has 1 aliphatic heterocycles. The van der Waals surface area contributed by atoms with Gasteiger partial charge < -0.3 is 10.4 Å². The van der Waals surface area contributed by atoms with E-state index in [1.807, 2.05) is 24.3 Å². The van der Waals surface area contributed by atoms with E-state index in [-0.39, 0.29) is 28.7 Å². The molecule has 2 aromatic carbocycles. The highest BCUT2D eigenvalue weighted by molar-refractivity contribution is 5.77. The first-order chi connectivity index (χ1) is 19.9. The van der Waals surface area contributed by atoms with Crippen molar-refractivity contribution in [2.75, 3.05) is 19.6 Å². The van der Waals surface area contributed by atoms with E-state index in [0.29, 0.717) is 51.1 Å². The molecule has 2 fully saturated rings. The molecule has 1 saturated carbocycles. The Balaban J connectivity index is 1.47. The third-order valence-electron chi connectivity index (χ3n) is 7.97. The summed E-state index contributed by atoms with van der Waals surface area (Å²) in [7, 11) is 0.